The van der Waals surface area contributed by atoms with Gasteiger partial charge in [-0.25, -0.2) is 8.42 Å². The first-order chi connectivity index (χ1) is 9.91. The lowest BCUT2D eigenvalue weighted by atomic mass is 10.3. The van der Waals surface area contributed by atoms with Gasteiger partial charge in [0.05, 0.1) is 5.25 Å². The van der Waals surface area contributed by atoms with Gasteiger partial charge < -0.3 is 11.1 Å². The van der Waals surface area contributed by atoms with Gasteiger partial charge in [0.25, 0.3) is 0 Å². The van der Waals surface area contributed by atoms with Crippen molar-refractivity contribution in [2.24, 2.45) is 0 Å². The average Bonchev–Trinajstić information content (AvgIpc) is 3.31. The highest BCUT2D eigenvalue weighted by molar-refractivity contribution is 7.92. The van der Waals surface area contributed by atoms with Crippen LogP contribution in [0, 0.1) is 0 Å². The van der Waals surface area contributed by atoms with Crippen LogP contribution < -0.4 is 11.1 Å². The van der Waals surface area contributed by atoms with Gasteiger partial charge in [0, 0.05) is 18.6 Å². The molecular weight excluding hydrogens is 308 g/mol. The van der Waals surface area contributed by atoms with E-state index in [2.05, 4.69) is 28.6 Å². The monoisotopic (exact) mass is 330 g/mol. The van der Waals surface area contributed by atoms with Crippen LogP contribution in [0.1, 0.15) is 32.6 Å². The highest BCUT2D eigenvalue weighted by atomic mass is 32.2. The first-order valence-corrected chi connectivity index (χ1v) is 9.68. The third kappa shape index (κ3) is 3.02. The van der Waals surface area contributed by atoms with Crippen molar-refractivity contribution in [3.8, 4) is 0 Å². The Kier molecular flexibility index (Phi) is 3.87. The van der Waals surface area contributed by atoms with Crippen LogP contribution >= 0.6 is 11.5 Å². The van der Waals surface area contributed by atoms with E-state index in [1.54, 1.807) is 0 Å². The molecule has 0 saturated heterocycles. The van der Waals surface area contributed by atoms with Gasteiger partial charge in [-0.1, -0.05) is 0 Å². The SMILES string of the molecule is CC(CNc1snc(N)c1S(=O)(=O)C1CC1)N(C)C1CC1. The Morgan fingerprint density at radius 3 is 2.67 bits per heavy atom. The molecule has 0 aliphatic heterocycles. The summed E-state index contributed by atoms with van der Waals surface area (Å²) < 4.78 is 28.9. The highest BCUT2D eigenvalue weighted by Gasteiger charge is 2.40. The minimum atomic E-state index is -3.31. The molecule has 2 aliphatic carbocycles. The Morgan fingerprint density at radius 1 is 1.43 bits per heavy atom. The van der Waals surface area contributed by atoms with Crippen LogP contribution in [0.5, 0.6) is 0 Å². The van der Waals surface area contributed by atoms with Gasteiger partial charge in [-0.2, -0.15) is 4.37 Å². The maximum absolute atomic E-state index is 12.4. The van der Waals surface area contributed by atoms with Gasteiger partial charge in [-0.15, -0.1) is 0 Å². The van der Waals surface area contributed by atoms with Crippen LogP contribution in [-0.2, 0) is 9.84 Å². The number of nitrogens with two attached hydrogens (primary N) is 1. The molecule has 2 aliphatic rings. The van der Waals surface area contributed by atoms with E-state index in [0.29, 0.717) is 23.6 Å². The molecule has 3 N–H and O–H groups in total. The van der Waals surface area contributed by atoms with E-state index >= 15 is 0 Å². The number of hydrogen-bond donors (Lipinski definition) is 2. The summed E-state index contributed by atoms with van der Waals surface area (Å²) in [6.07, 6.45) is 3.99. The Hall–Kier alpha value is -0.860. The van der Waals surface area contributed by atoms with Crippen LogP contribution in [0.3, 0.4) is 0 Å². The molecule has 0 bridgehead atoms. The van der Waals surface area contributed by atoms with Crippen molar-refractivity contribution in [2.75, 3.05) is 24.6 Å². The normalized spacial score (nSPS) is 20.7. The molecule has 2 fully saturated rings. The average molecular weight is 330 g/mol. The number of nitrogens with zero attached hydrogens (tertiary/aromatic N) is 2. The molecule has 21 heavy (non-hydrogen) atoms. The van der Waals surface area contributed by atoms with E-state index in [-0.39, 0.29) is 16.0 Å². The lowest BCUT2D eigenvalue weighted by Gasteiger charge is -2.24. The lowest BCUT2D eigenvalue weighted by Crippen LogP contribution is -2.36. The van der Waals surface area contributed by atoms with Gasteiger partial charge in [0.15, 0.2) is 15.7 Å². The number of aromatic nitrogens is 1. The number of anilines is 2. The smallest absolute Gasteiger partial charge is 0.187 e. The van der Waals surface area contributed by atoms with E-state index in [9.17, 15) is 8.42 Å². The fourth-order valence-corrected chi connectivity index (χ4v) is 5.34. The van der Waals surface area contributed by atoms with E-state index in [4.69, 9.17) is 5.73 Å². The molecule has 0 aromatic carbocycles. The van der Waals surface area contributed by atoms with Crippen molar-refractivity contribution in [3.63, 3.8) is 0 Å². The molecule has 2 saturated carbocycles. The summed E-state index contributed by atoms with van der Waals surface area (Å²) in [7, 11) is -1.19. The van der Waals surface area contributed by atoms with E-state index in [0.717, 1.165) is 24.4 Å². The highest BCUT2D eigenvalue weighted by Crippen LogP contribution is 2.41. The molecule has 8 heteroatoms. The van der Waals surface area contributed by atoms with Crippen LogP contribution in [0.4, 0.5) is 10.8 Å². The van der Waals surface area contributed by atoms with E-state index in [1.807, 2.05) is 0 Å². The Balaban J connectivity index is 1.71. The second kappa shape index (κ2) is 5.40. The van der Waals surface area contributed by atoms with E-state index in [1.165, 1.54) is 12.8 Å². The van der Waals surface area contributed by atoms with Crippen molar-refractivity contribution < 1.29 is 8.42 Å². The zero-order valence-electron chi connectivity index (χ0n) is 12.4. The zero-order valence-corrected chi connectivity index (χ0v) is 14.0. The summed E-state index contributed by atoms with van der Waals surface area (Å²) in [5.74, 6) is 0.137. The standard InChI is InChI=1S/C13H22N4O2S2/c1-8(17(2)9-3-4-9)7-15-13-11(12(14)16-20-13)21(18,19)10-5-6-10/h8-10,15H,3-7H2,1-2H3,(H2,14,16). The van der Waals surface area contributed by atoms with Gasteiger partial charge in [0.1, 0.15) is 9.90 Å². The molecule has 1 unspecified atom stereocenters. The predicted octanol–water partition coefficient (Wildman–Crippen LogP) is 1.56. The van der Waals surface area contributed by atoms with Crippen molar-refractivity contribution in [1.29, 1.82) is 0 Å². The molecule has 1 aromatic heterocycles. The first-order valence-electron chi connectivity index (χ1n) is 7.36. The number of sulfone groups is 1. The van der Waals surface area contributed by atoms with Crippen molar-refractivity contribution in [2.45, 2.75) is 54.8 Å². The molecule has 0 amide bonds. The second-order valence-electron chi connectivity index (χ2n) is 6.10. The van der Waals surface area contributed by atoms with Crippen molar-refractivity contribution in [3.05, 3.63) is 0 Å². The molecule has 1 heterocycles. The molecule has 0 spiro atoms. The summed E-state index contributed by atoms with van der Waals surface area (Å²) in [4.78, 5) is 2.56. The van der Waals surface area contributed by atoms with Crippen LogP contribution in [-0.4, -0.2) is 48.6 Å². The first kappa shape index (κ1) is 15.1. The second-order valence-corrected chi connectivity index (χ2v) is 9.04. The van der Waals surface area contributed by atoms with Crippen LogP contribution in [0.2, 0.25) is 0 Å². The molecule has 6 nitrogen and oxygen atoms in total. The Morgan fingerprint density at radius 2 is 2.10 bits per heavy atom. The van der Waals surface area contributed by atoms with Gasteiger partial charge in [0.2, 0.25) is 0 Å². The Labute approximate surface area is 129 Å². The van der Waals surface area contributed by atoms with E-state index < -0.39 is 9.84 Å². The fourth-order valence-electron chi connectivity index (χ4n) is 2.45. The summed E-state index contributed by atoms with van der Waals surface area (Å²) >= 11 is 1.14. The van der Waals surface area contributed by atoms with Gasteiger partial charge >= 0.3 is 0 Å². The van der Waals surface area contributed by atoms with Gasteiger partial charge in [-0.05, 0) is 51.2 Å². The summed E-state index contributed by atoms with van der Waals surface area (Å²) in [5.41, 5.74) is 5.79. The third-order valence-electron chi connectivity index (χ3n) is 4.30. The maximum atomic E-state index is 12.4. The van der Waals surface area contributed by atoms with Crippen LogP contribution in [0.15, 0.2) is 4.90 Å². The molecule has 0 radical (unpaired) electrons. The molecule has 1 aromatic rings. The van der Waals surface area contributed by atoms with Gasteiger partial charge in [-0.3, -0.25) is 4.90 Å². The minimum Gasteiger partial charge on any atom is -0.382 e. The van der Waals surface area contributed by atoms with Crippen molar-refractivity contribution >= 4 is 32.2 Å². The fraction of sp³-hybridized carbons (Fsp3) is 0.769. The predicted molar refractivity (Wildman–Crippen MR) is 85.5 cm³/mol. The Bertz CT molecular complexity index is 620. The number of likely N-dealkylation sites (N-methyl/N-ethyl adjacent to an activating group) is 1. The summed E-state index contributed by atoms with van der Waals surface area (Å²) in [6.45, 7) is 2.84. The quantitative estimate of drug-likeness (QED) is 0.789. The lowest BCUT2D eigenvalue weighted by molar-refractivity contribution is 0.257. The number of nitrogen functional groups attached to an aromatic ring is 1. The van der Waals surface area contributed by atoms with Crippen LogP contribution in [0.25, 0.3) is 0 Å². The zero-order chi connectivity index (χ0) is 15.2. The van der Waals surface area contributed by atoms with Crippen molar-refractivity contribution in [1.82, 2.24) is 9.27 Å². The topological polar surface area (TPSA) is 88.3 Å². The maximum Gasteiger partial charge on any atom is 0.187 e. The largest absolute Gasteiger partial charge is 0.382 e. The number of hydrogen-bond acceptors (Lipinski definition) is 7. The molecular formula is C13H22N4O2S2. The summed E-state index contributed by atoms with van der Waals surface area (Å²) in [5, 5.41) is 3.57. The third-order valence-corrected chi connectivity index (χ3v) is 7.58. The minimum absolute atomic E-state index is 0.137. The number of rotatable bonds is 7. The molecule has 118 valence electrons. The summed E-state index contributed by atoms with van der Waals surface area (Å²) in [6, 6.07) is 1.03. The molecule has 3 rings (SSSR count). The molecule has 1 atom stereocenters. The number of nitrogens with one attached hydrogen (secondary N) is 1.